The number of nitrogens with two attached hydrogens (primary N) is 1. The van der Waals surface area contributed by atoms with Gasteiger partial charge in [-0.2, -0.15) is 0 Å². The Morgan fingerprint density at radius 3 is 2.94 bits per heavy atom. The van der Waals surface area contributed by atoms with Crippen LogP contribution in [0, 0.1) is 0 Å². The zero-order valence-corrected chi connectivity index (χ0v) is 8.76. The molecular formula is C11H13N3O2. The fourth-order valence-electron chi connectivity index (χ4n) is 1.95. The molecule has 1 aliphatic heterocycles. The zero-order chi connectivity index (χ0) is 11.5. The number of benzene rings is 1. The third-order valence-corrected chi connectivity index (χ3v) is 2.64. The number of hydrogen-bond acceptors (Lipinski definition) is 4. The van der Waals surface area contributed by atoms with Gasteiger partial charge in [-0.1, -0.05) is 23.4 Å². The number of nitrogens with zero attached hydrogens (tertiary/aromatic N) is 2. The molecule has 0 unspecified atom stereocenters. The SMILES string of the molecule is NC(=O)CN1CCC(=NO)c2ccccc21. The predicted octanol–water partition coefficient (Wildman–Crippen LogP) is 0.560. The van der Waals surface area contributed by atoms with Gasteiger partial charge < -0.3 is 15.8 Å². The van der Waals surface area contributed by atoms with Gasteiger partial charge in [-0.3, -0.25) is 4.79 Å². The van der Waals surface area contributed by atoms with E-state index in [4.69, 9.17) is 10.9 Å². The number of carbonyl (C=O) groups is 1. The smallest absolute Gasteiger partial charge is 0.236 e. The molecule has 0 spiro atoms. The first-order chi connectivity index (χ1) is 7.72. The number of anilines is 1. The van der Waals surface area contributed by atoms with Crippen molar-refractivity contribution in [1.82, 2.24) is 0 Å². The molecule has 0 aromatic heterocycles. The molecule has 1 aromatic carbocycles. The molecule has 2 rings (SSSR count). The van der Waals surface area contributed by atoms with Gasteiger partial charge in [-0.25, -0.2) is 0 Å². The lowest BCUT2D eigenvalue weighted by molar-refractivity contribution is -0.116. The minimum absolute atomic E-state index is 0.190. The van der Waals surface area contributed by atoms with Crippen molar-refractivity contribution in [3.63, 3.8) is 0 Å². The van der Waals surface area contributed by atoms with E-state index in [1.807, 2.05) is 29.2 Å². The summed E-state index contributed by atoms with van der Waals surface area (Å²) in [5, 5.41) is 12.2. The summed E-state index contributed by atoms with van der Waals surface area (Å²) in [6, 6.07) is 7.52. The summed E-state index contributed by atoms with van der Waals surface area (Å²) in [6.07, 6.45) is 0.612. The highest BCUT2D eigenvalue weighted by Gasteiger charge is 2.22. The van der Waals surface area contributed by atoms with E-state index in [2.05, 4.69) is 5.16 Å². The first-order valence-electron chi connectivity index (χ1n) is 5.06. The van der Waals surface area contributed by atoms with Crippen LogP contribution in [0.4, 0.5) is 5.69 Å². The van der Waals surface area contributed by atoms with Crippen molar-refractivity contribution in [2.24, 2.45) is 10.9 Å². The third-order valence-electron chi connectivity index (χ3n) is 2.64. The average molecular weight is 219 g/mol. The van der Waals surface area contributed by atoms with Crippen LogP contribution in [0.25, 0.3) is 0 Å². The Labute approximate surface area is 93.2 Å². The van der Waals surface area contributed by atoms with E-state index in [0.29, 0.717) is 18.7 Å². The third kappa shape index (κ3) is 1.84. The van der Waals surface area contributed by atoms with Crippen LogP contribution in [0.5, 0.6) is 0 Å². The fraction of sp³-hybridized carbons (Fsp3) is 0.273. The van der Waals surface area contributed by atoms with E-state index in [1.54, 1.807) is 0 Å². The molecule has 0 bridgehead atoms. The minimum Gasteiger partial charge on any atom is -0.411 e. The van der Waals surface area contributed by atoms with Crippen molar-refractivity contribution in [3.05, 3.63) is 29.8 Å². The number of amides is 1. The Kier molecular flexibility index (Phi) is 2.76. The highest BCUT2D eigenvalue weighted by molar-refractivity contribution is 6.07. The second-order valence-electron chi connectivity index (χ2n) is 3.70. The maximum atomic E-state index is 10.9. The summed E-state index contributed by atoms with van der Waals surface area (Å²) in [4.78, 5) is 12.8. The van der Waals surface area contributed by atoms with Gasteiger partial charge in [-0.05, 0) is 6.07 Å². The lowest BCUT2D eigenvalue weighted by Crippen LogP contribution is -2.38. The summed E-state index contributed by atoms with van der Waals surface area (Å²) in [5.41, 5.74) is 7.58. The van der Waals surface area contributed by atoms with E-state index < -0.39 is 0 Å². The van der Waals surface area contributed by atoms with Crippen LogP contribution >= 0.6 is 0 Å². The van der Waals surface area contributed by atoms with Crippen molar-refractivity contribution in [3.8, 4) is 0 Å². The van der Waals surface area contributed by atoms with Crippen molar-refractivity contribution >= 4 is 17.3 Å². The van der Waals surface area contributed by atoms with Gasteiger partial charge in [0.15, 0.2) is 0 Å². The number of hydrogen-bond donors (Lipinski definition) is 2. The largest absolute Gasteiger partial charge is 0.411 e. The Bertz CT molecular complexity index is 443. The van der Waals surface area contributed by atoms with Crippen LogP contribution in [-0.4, -0.2) is 29.9 Å². The predicted molar refractivity (Wildman–Crippen MR) is 60.8 cm³/mol. The minimum atomic E-state index is -0.362. The van der Waals surface area contributed by atoms with Crippen molar-refractivity contribution < 1.29 is 10.0 Å². The standard InChI is InChI=1S/C11H13N3O2/c12-11(15)7-14-6-5-9(13-16)8-3-1-2-4-10(8)14/h1-4,16H,5-7H2,(H2,12,15). The highest BCUT2D eigenvalue weighted by atomic mass is 16.4. The van der Waals surface area contributed by atoms with Gasteiger partial charge in [0.1, 0.15) is 0 Å². The van der Waals surface area contributed by atoms with E-state index in [1.165, 1.54) is 0 Å². The number of oxime groups is 1. The molecule has 1 heterocycles. The Balaban J connectivity index is 2.39. The van der Waals surface area contributed by atoms with Gasteiger partial charge in [0, 0.05) is 24.2 Å². The van der Waals surface area contributed by atoms with Crippen LogP contribution in [0.2, 0.25) is 0 Å². The number of carbonyl (C=O) groups excluding carboxylic acids is 1. The summed E-state index contributed by atoms with van der Waals surface area (Å²) in [6.45, 7) is 0.828. The fourth-order valence-corrected chi connectivity index (χ4v) is 1.95. The molecule has 0 saturated heterocycles. The monoisotopic (exact) mass is 219 g/mol. The molecular weight excluding hydrogens is 206 g/mol. The average Bonchev–Trinajstić information content (AvgIpc) is 2.29. The van der Waals surface area contributed by atoms with Crippen molar-refractivity contribution in [2.45, 2.75) is 6.42 Å². The molecule has 0 aliphatic carbocycles. The normalized spacial score (nSPS) is 17.2. The van der Waals surface area contributed by atoms with Crippen LogP contribution in [-0.2, 0) is 4.79 Å². The van der Waals surface area contributed by atoms with Crippen LogP contribution in [0.1, 0.15) is 12.0 Å². The van der Waals surface area contributed by atoms with Crippen molar-refractivity contribution in [1.29, 1.82) is 0 Å². The van der Waals surface area contributed by atoms with Gasteiger partial charge in [-0.15, -0.1) is 0 Å². The molecule has 0 saturated carbocycles. The summed E-state index contributed by atoms with van der Waals surface area (Å²) in [7, 11) is 0. The quantitative estimate of drug-likeness (QED) is 0.563. The second-order valence-corrected chi connectivity index (χ2v) is 3.70. The topological polar surface area (TPSA) is 78.9 Å². The van der Waals surface area contributed by atoms with E-state index in [9.17, 15) is 4.79 Å². The van der Waals surface area contributed by atoms with E-state index in [-0.39, 0.29) is 12.5 Å². The Morgan fingerprint density at radius 2 is 2.25 bits per heavy atom. The molecule has 1 amide bonds. The van der Waals surface area contributed by atoms with Crippen LogP contribution < -0.4 is 10.6 Å². The van der Waals surface area contributed by atoms with Gasteiger partial charge in [0.2, 0.25) is 5.91 Å². The van der Waals surface area contributed by atoms with E-state index in [0.717, 1.165) is 11.3 Å². The molecule has 0 atom stereocenters. The molecule has 5 heteroatoms. The van der Waals surface area contributed by atoms with Gasteiger partial charge in [0.05, 0.1) is 12.3 Å². The molecule has 5 nitrogen and oxygen atoms in total. The molecule has 16 heavy (non-hydrogen) atoms. The summed E-state index contributed by atoms with van der Waals surface area (Å²) >= 11 is 0. The number of para-hydroxylation sites is 1. The Morgan fingerprint density at radius 1 is 1.50 bits per heavy atom. The molecule has 3 N–H and O–H groups in total. The van der Waals surface area contributed by atoms with Crippen LogP contribution in [0.3, 0.4) is 0 Å². The number of primary amides is 1. The molecule has 0 fully saturated rings. The Hall–Kier alpha value is -2.04. The molecule has 1 aliphatic rings. The molecule has 1 aromatic rings. The first kappa shape index (κ1) is 10.5. The number of fused-ring (bicyclic) bond motifs is 1. The summed E-state index contributed by atoms with van der Waals surface area (Å²) in [5.74, 6) is -0.362. The van der Waals surface area contributed by atoms with E-state index >= 15 is 0 Å². The molecule has 84 valence electrons. The molecule has 0 radical (unpaired) electrons. The van der Waals surface area contributed by atoms with Crippen molar-refractivity contribution in [2.75, 3.05) is 18.0 Å². The van der Waals surface area contributed by atoms with Gasteiger partial charge >= 0.3 is 0 Å². The maximum Gasteiger partial charge on any atom is 0.236 e. The lowest BCUT2D eigenvalue weighted by atomic mass is 10.00. The lowest BCUT2D eigenvalue weighted by Gasteiger charge is -2.30. The maximum absolute atomic E-state index is 10.9. The first-order valence-corrected chi connectivity index (χ1v) is 5.06. The zero-order valence-electron chi connectivity index (χ0n) is 8.76. The van der Waals surface area contributed by atoms with Crippen LogP contribution in [0.15, 0.2) is 29.4 Å². The summed E-state index contributed by atoms with van der Waals surface area (Å²) < 4.78 is 0. The van der Waals surface area contributed by atoms with Gasteiger partial charge in [0.25, 0.3) is 0 Å². The second kappa shape index (κ2) is 4.22. The highest BCUT2D eigenvalue weighted by Crippen LogP contribution is 2.26. The number of rotatable bonds is 2.